The van der Waals surface area contributed by atoms with Crippen molar-refractivity contribution >= 4 is 51.2 Å². The van der Waals surface area contributed by atoms with E-state index in [0.29, 0.717) is 12.3 Å². The molecule has 1 heterocycles. The molecule has 0 fully saturated rings. The first kappa shape index (κ1) is 19.2. The first-order chi connectivity index (χ1) is 12.1. The van der Waals surface area contributed by atoms with Gasteiger partial charge in [-0.15, -0.1) is 11.3 Å². The lowest BCUT2D eigenvalue weighted by molar-refractivity contribution is -0.147. The fraction of sp³-hybridized carbons (Fsp3) is 0.375. The number of urea groups is 1. The summed E-state index contributed by atoms with van der Waals surface area (Å²) < 4.78 is 6.84. The molecule has 0 radical (unpaired) electrons. The van der Waals surface area contributed by atoms with Gasteiger partial charge in [-0.1, -0.05) is 30.8 Å². The minimum Gasteiger partial charge on any atom is -0.456 e. The smallest absolute Gasteiger partial charge is 0.321 e. The fourth-order valence-corrected chi connectivity index (χ4v) is 3.86. The largest absolute Gasteiger partial charge is 0.456 e. The standard InChI is InChI=1S/C16H19N3O4S2/c1-2-8-17-15(22)19-13(20)10-23-14(21)7-9-24-16-18-11-5-3-4-6-12(11)25-16/h3-6H,2,7-10H2,1H3,(H2,17,19,20,22). The van der Waals surface area contributed by atoms with Crippen molar-refractivity contribution < 1.29 is 19.1 Å². The molecule has 0 atom stereocenters. The van der Waals surface area contributed by atoms with E-state index in [2.05, 4.69) is 15.6 Å². The summed E-state index contributed by atoms with van der Waals surface area (Å²) in [7, 11) is 0. The van der Waals surface area contributed by atoms with Gasteiger partial charge in [-0.25, -0.2) is 9.78 Å². The SMILES string of the molecule is CCCNC(=O)NC(=O)COC(=O)CCSc1nc2ccccc2s1. The Labute approximate surface area is 153 Å². The minimum atomic E-state index is -0.652. The molecule has 0 saturated heterocycles. The predicted molar refractivity (Wildman–Crippen MR) is 97.8 cm³/mol. The van der Waals surface area contributed by atoms with Gasteiger partial charge in [0.05, 0.1) is 16.6 Å². The van der Waals surface area contributed by atoms with Crippen LogP contribution in [0.25, 0.3) is 10.2 Å². The van der Waals surface area contributed by atoms with E-state index in [-0.39, 0.29) is 6.42 Å². The summed E-state index contributed by atoms with van der Waals surface area (Å²) in [4.78, 5) is 38.8. The summed E-state index contributed by atoms with van der Waals surface area (Å²) in [5.74, 6) is -0.629. The van der Waals surface area contributed by atoms with Crippen molar-refractivity contribution in [1.29, 1.82) is 0 Å². The highest BCUT2D eigenvalue weighted by molar-refractivity contribution is 8.01. The number of amides is 3. The van der Waals surface area contributed by atoms with Gasteiger partial charge in [0.2, 0.25) is 0 Å². The number of imide groups is 1. The number of carbonyl (C=O) groups is 3. The number of thioether (sulfide) groups is 1. The van der Waals surface area contributed by atoms with Crippen molar-refractivity contribution in [3.63, 3.8) is 0 Å². The van der Waals surface area contributed by atoms with Crippen molar-refractivity contribution in [2.45, 2.75) is 24.1 Å². The molecule has 134 valence electrons. The Balaban J connectivity index is 1.63. The molecule has 2 N–H and O–H groups in total. The van der Waals surface area contributed by atoms with Gasteiger partial charge in [-0.05, 0) is 18.6 Å². The summed E-state index contributed by atoms with van der Waals surface area (Å²) in [6.45, 7) is 1.91. The number of thiazole rings is 1. The van der Waals surface area contributed by atoms with Crippen LogP contribution in [0.2, 0.25) is 0 Å². The van der Waals surface area contributed by atoms with Gasteiger partial charge in [0, 0.05) is 12.3 Å². The number of hydrogen-bond donors (Lipinski definition) is 2. The Morgan fingerprint density at radius 1 is 1.28 bits per heavy atom. The number of para-hydroxylation sites is 1. The quantitative estimate of drug-likeness (QED) is 0.539. The van der Waals surface area contributed by atoms with E-state index in [4.69, 9.17) is 4.74 Å². The van der Waals surface area contributed by atoms with Crippen molar-refractivity contribution in [3.05, 3.63) is 24.3 Å². The molecule has 2 aromatic rings. The van der Waals surface area contributed by atoms with Crippen molar-refractivity contribution in [2.75, 3.05) is 18.9 Å². The van der Waals surface area contributed by atoms with E-state index < -0.39 is 24.5 Å². The fourth-order valence-electron chi connectivity index (χ4n) is 1.80. The molecule has 0 unspecified atom stereocenters. The monoisotopic (exact) mass is 381 g/mol. The number of aromatic nitrogens is 1. The number of ether oxygens (including phenoxy) is 1. The van der Waals surface area contributed by atoms with Crippen LogP contribution < -0.4 is 10.6 Å². The highest BCUT2D eigenvalue weighted by Gasteiger charge is 2.11. The molecule has 2 rings (SSSR count). The van der Waals surface area contributed by atoms with Crippen LogP contribution in [0.1, 0.15) is 19.8 Å². The number of fused-ring (bicyclic) bond motifs is 1. The van der Waals surface area contributed by atoms with Gasteiger partial charge in [0.1, 0.15) is 0 Å². The third-order valence-corrected chi connectivity index (χ3v) is 5.14. The number of carbonyl (C=O) groups excluding carboxylic acids is 3. The number of nitrogens with one attached hydrogen (secondary N) is 2. The Kier molecular flexibility index (Phi) is 7.68. The van der Waals surface area contributed by atoms with Crippen LogP contribution in [-0.2, 0) is 14.3 Å². The van der Waals surface area contributed by atoms with E-state index in [9.17, 15) is 14.4 Å². The van der Waals surface area contributed by atoms with Crippen LogP contribution in [-0.4, -0.2) is 41.8 Å². The summed E-state index contributed by atoms with van der Waals surface area (Å²) in [5.41, 5.74) is 0.940. The lowest BCUT2D eigenvalue weighted by Gasteiger charge is -2.06. The summed E-state index contributed by atoms with van der Waals surface area (Å²) in [6.07, 6.45) is 0.929. The molecular weight excluding hydrogens is 362 g/mol. The molecule has 0 aliphatic rings. The highest BCUT2D eigenvalue weighted by atomic mass is 32.2. The second-order valence-corrected chi connectivity index (χ2v) is 7.38. The zero-order chi connectivity index (χ0) is 18.1. The summed E-state index contributed by atoms with van der Waals surface area (Å²) in [6, 6.07) is 7.25. The van der Waals surface area contributed by atoms with Gasteiger partial charge < -0.3 is 10.1 Å². The molecule has 1 aromatic heterocycles. The van der Waals surface area contributed by atoms with Crippen LogP contribution in [0.3, 0.4) is 0 Å². The van der Waals surface area contributed by atoms with Crippen molar-refractivity contribution in [2.24, 2.45) is 0 Å². The van der Waals surface area contributed by atoms with E-state index in [1.165, 1.54) is 11.8 Å². The third-order valence-electron chi connectivity index (χ3n) is 2.96. The van der Waals surface area contributed by atoms with Gasteiger partial charge in [0.15, 0.2) is 10.9 Å². The molecule has 9 heteroatoms. The van der Waals surface area contributed by atoms with Crippen LogP contribution in [0.15, 0.2) is 28.6 Å². The topological polar surface area (TPSA) is 97.4 Å². The Hall–Kier alpha value is -2.13. The lowest BCUT2D eigenvalue weighted by atomic mass is 10.3. The van der Waals surface area contributed by atoms with E-state index in [1.54, 1.807) is 11.3 Å². The Bertz CT molecular complexity index is 715. The van der Waals surface area contributed by atoms with Gasteiger partial charge in [0.25, 0.3) is 5.91 Å². The Morgan fingerprint density at radius 2 is 2.08 bits per heavy atom. The second-order valence-electron chi connectivity index (χ2n) is 5.01. The molecule has 0 spiro atoms. The van der Waals surface area contributed by atoms with Crippen LogP contribution in [0.5, 0.6) is 0 Å². The van der Waals surface area contributed by atoms with Crippen LogP contribution >= 0.6 is 23.1 Å². The molecular formula is C16H19N3O4S2. The van der Waals surface area contributed by atoms with Crippen LogP contribution in [0, 0.1) is 0 Å². The molecule has 25 heavy (non-hydrogen) atoms. The van der Waals surface area contributed by atoms with Gasteiger partial charge in [-0.3, -0.25) is 14.9 Å². The highest BCUT2D eigenvalue weighted by Crippen LogP contribution is 2.29. The van der Waals surface area contributed by atoms with Crippen LogP contribution in [0.4, 0.5) is 4.79 Å². The first-order valence-electron chi connectivity index (χ1n) is 7.80. The molecule has 0 saturated carbocycles. The lowest BCUT2D eigenvalue weighted by Crippen LogP contribution is -2.41. The molecule has 3 amide bonds. The zero-order valence-corrected chi connectivity index (χ0v) is 15.4. The van der Waals surface area contributed by atoms with Crippen molar-refractivity contribution in [3.8, 4) is 0 Å². The molecule has 0 aliphatic heterocycles. The molecule has 7 nitrogen and oxygen atoms in total. The minimum absolute atomic E-state index is 0.163. The van der Waals surface area contributed by atoms with E-state index in [0.717, 1.165) is 21.0 Å². The zero-order valence-electron chi connectivity index (χ0n) is 13.7. The number of nitrogens with zero attached hydrogens (tertiary/aromatic N) is 1. The maximum absolute atomic E-state index is 11.6. The van der Waals surface area contributed by atoms with E-state index in [1.807, 2.05) is 31.2 Å². The summed E-state index contributed by atoms with van der Waals surface area (Å²) in [5, 5.41) is 4.58. The van der Waals surface area contributed by atoms with Gasteiger partial charge >= 0.3 is 12.0 Å². The average Bonchev–Trinajstić information content (AvgIpc) is 3.01. The maximum atomic E-state index is 11.6. The molecule has 1 aromatic carbocycles. The third kappa shape index (κ3) is 6.71. The van der Waals surface area contributed by atoms with Gasteiger partial charge in [-0.2, -0.15) is 0 Å². The molecule has 0 aliphatic carbocycles. The van der Waals surface area contributed by atoms with Crippen molar-refractivity contribution in [1.82, 2.24) is 15.6 Å². The number of esters is 1. The number of hydrogen-bond acceptors (Lipinski definition) is 7. The Morgan fingerprint density at radius 3 is 2.84 bits per heavy atom. The summed E-state index contributed by atoms with van der Waals surface area (Å²) >= 11 is 3.04. The molecule has 0 bridgehead atoms. The number of rotatable bonds is 8. The normalized spacial score (nSPS) is 10.4. The maximum Gasteiger partial charge on any atom is 0.321 e. The predicted octanol–water partition coefficient (Wildman–Crippen LogP) is 2.56. The van der Waals surface area contributed by atoms with E-state index >= 15 is 0 Å². The average molecular weight is 381 g/mol. The number of benzene rings is 1. The second kappa shape index (κ2) is 10.00. The first-order valence-corrected chi connectivity index (χ1v) is 9.60.